The fraction of sp³-hybridized carbons (Fsp3) is 0.196. The molecule has 0 unspecified atom stereocenters. The minimum atomic E-state index is -2.18. The van der Waals surface area contributed by atoms with Crippen molar-refractivity contribution in [3.63, 3.8) is 0 Å². The summed E-state index contributed by atoms with van der Waals surface area (Å²) in [5, 5.41) is 19.0. The first-order valence-electron chi connectivity index (χ1n) is 20.6. The molecule has 0 bridgehead atoms. The molecule has 318 valence electrons. The highest BCUT2D eigenvalue weighted by Gasteiger charge is 2.55. The number of fused-ring (bicyclic) bond motifs is 1. The second-order valence-electron chi connectivity index (χ2n) is 15.7. The Morgan fingerprint density at radius 2 is 1.06 bits per heavy atom. The zero-order valence-electron chi connectivity index (χ0n) is 34.9. The summed E-state index contributed by atoms with van der Waals surface area (Å²) < 4.78 is 36.3. The lowest BCUT2D eigenvalue weighted by Gasteiger charge is -2.38. The van der Waals surface area contributed by atoms with Crippen LogP contribution in [0.5, 0.6) is 11.5 Å². The number of aliphatic hydroxyl groups is 1. The van der Waals surface area contributed by atoms with E-state index < -0.39 is 35.2 Å². The molecule has 1 aliphatic rings. The lowest BCUT2D eigenvalue weighted by molar-refractivity contribution is -0.0413. The van der Waals surface area contributed by atoms with Crippen LogP contribution in [0, 0.1) is 0 Å². The molecule has 6 aromatic carbocycles. The van der Waals surface area contributed by atoms with Crippen LogP contribution in [0.4, 0.5) is 16.2 Å². The van der Waals surface area contributed by atoms with E-state index in [1.807, 2.05) is 121 Å². The number of alkyl halides is 2. The Balaban J connectivity index is 1.34. The maximum absolute atomic E-state index is 16.9. The molecule has 3 N–H and O–H groups in total. The third-order valence-corrected chi connectivity index (χ3v) is 12.9. The molecule has 0 radical (unpaired) electrons. The van der Waals surface area contributed by atoms with E-state index in [0.717, 1.165) is 33.4 Å². The molecule has 1 saturated heterocycles. The molecule has 63 heavy (non-hydrogen) atoms. The summed E-state index contributed by atoms with van der Waals surface area (Å²) in [4.78, 5) is 15.5. The number of aromatic nitrogens is 4. The molecule has 0 saturated carbocycles. The van der Waals surface area contributed by atoms with Gasteiger partial charge in [0.15, 0.2) is 28.9 Å². The average molecular weight is 953 g/mol. The molecule has 2 aromatic heterocycles. The van der Waals surface area contributed by atoms with Gasteiger partial charge in [-0.3, -0.25) is 4.57 Å². The number of rotatable bonds is 14. The molecule has 0 spiro atoms. The quantitative estimate of drug-likeness (QED) is 0.0557. The lowest BCUT2D eigenvalue weighted by atomic mass is 9.77. The van der Waals surface area contributed by atoms with Crippen molar-refractivity contribution in [3.8, 4) is 11.5 Å². The fourth-order valence-corrected chi connectivity index (χ4v) is 9.47. The summed E-state index contributed by atoms with van der Waals surface area (Å²) in [5.41, 5.74) is 1.79. The number of halogens is 2. The van der Waals surface area contributed by atoms with Gasteiger partial charge in [0.25, 0.3) is 0 Å². The topological polar surface area (TPSA) is 116 Å². The van der Waals surface area contributed by atoms with E-state index in [1.165, 1.54) is 13.3 Å². The van der Waals surface area contributed by atoms with Crippen molar-refractivity contribution in [1.82, 2.24) is 19.5 Å². The van der Waals surface area contributed by atoms with E-state index in [9.17, 15) is 5.11 Å². The number of nitrogens with one attached hydrogen (secondary N) is 2. The van der Waals surface area contributed by atoms with Gasteiger partial charge >= 0.3 is 0 Å². The Labute approximate surface area is 379 Å². The van der Waals surface area contributed by atoms with Gasteiger partial charge < -0.3 is 30.0 Å². The van der Waals surface area contributed by atoms with Gasteiger partial charge in [-0.1, -0.05) is 168 Å². The summed E-state index contributed by atoms with van der Waals surface area (Å²) in [6, 6.07) is 56.4. The molecule has 9 rings (SSSR count). The normalized spacial score (nSPS) is 18.9. The molecule has 10 nitrogen and oxygen atoms in total. The summed E-state index contributed by atoms with van der Waals surface area (Å²) in [6.07, 6.45) is -1.87. The highest BCUT2D eigenvalue weighted by molar-refractivity contribution is 14.1. The fourth-order valence-electron chi connectivity index (χ4n) is 8.79. The first-order valence-corrected chi connectivity index (χ1v) is 22.2. The SMILES string of the molecule is COc1ccc(C(Nc2nc(NC(c3ccccc3)(c3ccccc3)c3ccc(OC)cc3)c3ncn([C@@H]4O[C@H](CI)[C@@H](O)[C@@]4(C)F)c3n2)(c2ccccc2)c2ccccc2)cc1. The van der Waals surface area contributed by atoms with Crippen molar-refractivity contribution < 1.29 is 23.7 Å². The van der Waals surface area contributed by atoms with Gasteiger partial charge in [-0.2, -0.15) is 9.97 Å². The molecule has 1 aliphatic heterocycles. The third-order valence-electron chi connectivity index (χ3n) is 12.0. The van der Waals surface area contributed by atoms with Crippen LogP contribution in [0.3, 0.4) is 0 Å². The summed E-state index contributed by atoms with van der Waals surface area (Å²) in [7, 11) is 3.29. The summed E-state index contributed by atoms with van der Waals surface area (Å²) in [6.45, 7) is 1.36. The van der Waals surface area contributed by atoms with Gasteiger partial charge in [0.2, 0.25) is 5.95 Å². The van der Waals surface area contributed by atoms with Crippen LogP contribution < -0.4 is 20.1 Å². The first kappa shape index (κ1) is 42.0. The van der Waals surface area contributed by atoms with Crippen molar-refractivity contribution in [1.29, 1.82) is 0 Å². The Bertz CT molecular complexity index is 2700. The molecular weight excluding hydrogens is 907 g/mol. The number of aliphatic hydroxyl groups excluding tert-OH is 1. The van der Waals surface area contributed by atoms with Gasteiger partial charge in [0.1, 0.15) is 28.7 Å². The number of methoxy groups -OCH3 is 2. The molecule has 8 aromatic rings. The average Bonchev–Trinajstić information content (AvgIpc) is 3.87. The Morgan fingerprint density at radius 3 is 1.46 bits per heavy atom. The van der Waals surface area contributed by atoms with Crippen molar-refractivity contribution in [2.24, 2.45) is 0 Å². The molecule has 1 fully saturated rings. The van der Waals surface area contributed by atoms with Crippen molar-refractivity contribution in [3.05, 3.63) is 210 Å². The standard InChI is InChI=1S/C51H46FIN6O4/c1-49(52)44(60)42(32-53)63-47(49)59-33-54-43-45(57-50(34-16-8-4-9-17-34,35-18-10-5-11-19-35)38-24-28-40(61-2)29-25-38)55-48(56-46(43)59)58-51(36-20-12-6-13-21-36,37-22-14-7-15-23-37)39-26-30-41(62-3)31-27-39/h4-31,33,42,44,47,60H,32H2,1-3H3,(H2,55,56,57,58)/t42-,44-,47-,49-/m1/s1. The van der Waals surface area contributed by atoms with Crippen LogP contribution in [0.2, 0.25) is 0 Å². The first-order chi connectivity index (χ1) is 30.7. The number of imidazole rings is 1. The number of anilines is 2. The van der Waals surface area contributed by atoms with Crippen LogP contribution in [0.15, 0.2) is 176 Å². The maximum atomic E-state index is 16.9. The predicted octanol–water partition coefficient (Wildman–Crippen LogP) is 10.1. The third kappa shape index (κ3) is 7.45. The van der Waals surface area contributed by atoms with Crippen molar-refractivity contribution >= 4 is 45.5 Å². The minimum Gasteiger partial charge on any atom is -0.497 e. The van der Waals surface area contributed by atoms with Gasteiger partial charge in [0.05, 0.1) is 26.7 Å². The molecule has 3 heterocycles. The van der Waals surface area contributed by atoms with E-state index in [2.05, 4.69) is 81.8 Å². The summed E-state index contributed by atoms with van der Waals surface area (Å²) in [5.74, 6) is 1.98. The number of ether oxygens (including phenoxy) is 3. The van der Waals surface area contributed by atoms with Crippen LogP contribution >= 0.6 is 22.6 Å². The zero-order chi connectivity index (χ0) is 43.6. The van der Waals surface area contributed by atoms with E-state index in [1.54, 1.807) is 18.8 Å². The molecule has 0 amide bonds. The zero-order valence-corrected chi connectivity index (χ0v) is 37.1. The van der Waals surface area contributed by atoms with Crippen LogP contribution in [-0.4, -0.2) is 61.1 Å². The molecule has 4 atom stereocenters. The Morgan fingerprint density at radius 1 is 0.651 bits per heavy atom. The van der Waals surface area contributed by atoms with Crippen LogP contribution in [-0.2, 0) is 15.8 Å². The van der Waals surface area contributed by atoms with E-state index in [-0.39, 0.29) is 5.95 Å². The highest BCUT2D eigenvalue weighted by atomic mass is 127. The van der Waals surface area contributed by atoms with Crippen LogP contribution in [0.1, 0.15) is 46.5 Å². The van der Waals surface area contributed by atoms with E-state index >= 15 is 4.39 Å². The molecule has 0 aliphatic carbocycles. The second kappa shape index (κ2) is 17.4. The predicted molar refractivity (Wildman–Crippen MR) is 252 cm³/mol. The highest BCUT2D eigenvalue weighted by Crippen LogP contribution is 2.46. The Hall–Kier alpha value is -6.35. The van der Waals surface area contributed by atoms with Gasteiger partial charge in [-0.15, -0.1) is 0 Å². The van der Waals surface area contributed by atoms with Crippen LogP contribution in [0.25, 0.3) is 11.2 Å². The van der Waals surface area contributed by atoms with Crippen molar-refractivity contribution in [2.75, 3.05) is 29.3 Å². The summed E-state index contributed by atoms with van der Waals surface area (Å²) >= 11 is 2.11. The minimum absolute atomic E-state index is 0.213. The smallest absolute Gasteiger partial charge is 0.228 e. The Kier molecular flexibility index (Phi) is 11.6. The number of hydrogen-bond donors (Lipinski definition) is 3. The maximum Gasteiger partial charge on any atom is 0.228 e. The number of benzene rings is 6. The monoisotopic (exact) mass is 952 g/mol. The largest absolute Gasteiger partial charge is 0.497 e. The number of hydrogen-bond acceptors (Lipinski definition) is 9. The van der Waals surface area contributed by atoms with Crippen molar-refractivity contribution in [2.45, 2.75) is 42.1 Å². The second-order valence-corrected chi connectivity index (χ2v) is 16.5. The molecular formula is C51H46FIN6O4. The van der Waals surface area contributed by atoms with E-state index in [0.29, 0.717) is 32.9 Å². The van der Waals surface area contributed by atoms with Gasteiger partial charge in [-0.05, 0) is 64.6 Å². The lowest BCUT2D eigenvalue weighted by Crippen LogP contribution is -2.40. The van der Waals surface area contributed by atoms with Gasteiger partial charge in [0, 0.05) is 4.43 Å². The number of nitrogens with zero attached hydrogens (tertiary/aromatic N) is 4. The van der Waals surface area contributed by atoms with E-state index in [4.69, 9.17) is 29.2 Å². The molecule has 12 heteroatoms. The van der Waals surface area contributed by atoms with Gasteiger partial charge in [-0.25, -0.2) is 9.37 Å².